The van der Waals surface area contributed by atoms with Crippen LogP contribution in [0.25, 0.3) is 0 Å². The Bertz CT molecular complexity index is 618. The predicted molar refractivity (Wildman–Crippen MR) is 68.3 cm³/mol. The van der Waals surface area contributed by atoms with Crippen LogP contribution in [-0.4, -0.2) is 15.0 Å². The van der Waals surface area contributed by atoms with Gasteiger partial charge in [0.2, 0.25) is 5.88 Å². The molecule has 0 unspecified atom stereocenters. The Morgan fingerprint density at radius 1 is 1.42 bits per heavy atom. The van der Waals surface area contributed by atoms with E-state index in [0.29, 0.717) is 11.3 Å². The Hall–Kier alpha value is -2.18. The van der Waals surface area contributed by atoms with Gasteiger partial charge >= 0.3 is 0 Å². The number of nitrogens with zero attached hydrogens (tertiary/aromatic N) is 2. The van der Waals surface area contributed by atoms with Crippen molar-refractivity contribution in [3.8, 4) is 11.6 Å². The molecule has 2 aromatic rings. The van der Waals surface area contributed by atoms with Gasteiger partial charge in [-0.1, -0.05) is 11.6 Å². The van der Waals surface area contributed by atoms with Crippen molar-refractivity contribution in [1.29, 1.82) is 0 Å². The second-order valence-electron chi connectivity index (χ2n) is 3.60. The van der Waals surface area contributed by atoms with Crippen LogP contribution in [-0.2, 0) is 6.61 Å². The first-order valence-electron chi connectivity index (χ1n) is 5.28. The molecule has 0 radical (unpaired) electrons. The van der Waals surface area contributed by atoms with Crippen molar-refractivity contribution < 1.29 is 14.8 Å². The van der Waals surface area contributed by atoms with Crippen LogP contribution in [0.1, 0.15) is 5.56 Å². The average Bonchev–Trinajstić information content (AvgIpc) is 2.39. The largest absolute Gasteiger partial charge is 0.439 e. The number of ether oxygens (including phenoxy) is 1. The molecule has 1 aromatic carbocycles. The monoisotopic (exact) mass is 280 g/mol. The minimum Gasteiger partial charge on any atom is -0.439 e. The topological polar surface area (TPSA) is 85.5 Å². The molecule has 0 spiro atoms. The van der Waals surface area contributed by atoms with Crippen LogP contribution in [0.2, 0.25) is 5.02 Å². The minimum atomic E-state index is -0.577. The highest BCUT2D eigenvalue weighted by molar-refractivity contribution is 6.32. The average molecular weight is 281 g/mol. The van der Waals surface area contributed by atoms with Crippen molar-refractivity contribution in [3.05, 3.63) is 57.2 Å². The van der Waals surface area contributed by atoms with Gasteiger partial charge in [-0.15, -0.1) is 0 Å². The summed E-state index contributed by atoms with van der Waals surface area (Å²) in [7, 11) is 0. The van der Waals surface area contributed by atoms with Crippen molar-refractivity contribution in [2.75, 3.05) is 0 Å². The summed E-state index contributed by atoms with van der Waals surface area (Å²) in [6.45, 7) is -0.218. The van der Waals surface area contributed by atoms with Gasteiger partial charge in [0.15, 0.2) is 0 Å². The number of aliphatic hydroxyl groups excluding tert-OH is 1. The number of pyridine rings is 1. The van der Waals surface area contributed by atoms with Gasteiger partial charge in [-0.3, -0.25) is 10.1 Å². The van der Waals surface area contributed by atoms with Crippen molar-refractivity contribution in [3.63, 3.8) is 0 Å². The molecule has 0 fully saturated rings. The first-order chi connectivity index (χ1) is 9.11. The standard InChI is InChI=1S/C12H9ClN2O4/c13-10-6-9(3-4-11(10)15(17)18)19-12-8(7-16)2-1-5-14-12/h1-6,16H,7H2. The Kier molecular flexibility index (Phi) is 3.94. The van der Waals surface area contributed by atoms with Crippen LogP contribution in [0.4, 0.5) is 5.69 Å². The zero-order valence-corrected chi connectivity index (χ0v) is 10.4. The number of hydrogen-bond acceptors (Lipinski definition) is 5. The van der Waals surface area contributed by atoms with Crippen LogP contribution < -0.4 is 4.74 Å². The van der Waals surface area contributed by atoms with Crippen molar-refractivity contribution >= 4 is 17.3 Å². The molecule has 0 saturated carbocycles. The zero-order valence-electron chi connectivity index (χ0n) is 9.62. The third kappa shape index (κ3) is 2.98. The molecule has 0 bridgehead atoms. The Balaban J connectivity index is 2.29. The fourth-order valence-electron chi connectivity index (χ4n) is 1.45. The summed E-state index contributed by atoms with van der Waals surface area (Å²) in [4.78, 5) is 14.0. The second kappa shape index (κ2) is 5.64. The summed E-state index contributed by atoms with van der Waals surface area (Å²) in [6.07, 6.45) is 1.52. The van der Waals surface area contributed by atoms with Crippen molar-refractivity contribution in [2.24, 2.45) is 0 Å². The third-order valence-corrected chi connectivity index (χ3v) is 2.65. The van der Waals surface area contributed by atoms with E-state index in [4.69, 9.17) is 21.4 Å². The molecule has 6 nitrogen and oxygen atoms in total. The van der Waals surface area contributed by atoms with E-state index in [0.717, 1.165) is 0 Å². The summed E-state index contributed by atoms with van der Waals surface area (Å²) in [5.41, 5.74) is 0.314. The van der Waals surface area contributed by atoms with Crippen molar-refractivity contribution in [2.45, 2.75) is 6.61 Å². The number of benzene rings is 1. The van der Waals surface area contributed by atoms with E-state index in [1.807, 2.05) is 0 Å². The lowest BCUT2D eigenvalue weighted by molar-refractivity contribution is -0.384. The Morgan fingerprint density at radius 2 is 2.21 bits per heavy atom. The van der Waals surface area contributed by atoms with E-state index in [9.17, 15) is 10.1 Å². The number of rotatable bonds is 4. The van der Waals surface area contributed by atoms with E-state index in [2.05, 4.69) is 4.98 Å². The zero-order chi connectivity index (χ0) is 13.8. The first-order valence-corrected chi connectivity index (χ1v) is 5.66. The van der Waals surface area contributed by atoms with Crippen LogP contribution in [0, 0.1) is 10.1 Å². The molecular formula is C12H9ClN2O4. The van der Waals surface area contributed by atoms with E-state index in [1.54, 1.807) is 12.1 Å². The van der Waals surface area contributed by atoms with Gasteiger partial charge in [0.05, 0.1) is 11.5 Å². The number of hydrogen-bond donors (Lipinski definition) is 1. The van der Waals surface area contributed by atoms with Crippen LogP contribution in [0.15, 0.2) is 36.5 Å². The molecular weight excluding hydrogens is 272 g/mol. The fraction of sp³-hybridized carbons (Fsp3) is 0.0833. The fourth-order valence-corrected chi connectivity index (χ4v) is 1.69. The van der Waals surface area contributed by atoms with Gasteiger partial charge in [-0.25, -0.2) is 4.98 Å². The molecule has 2 rings (SSSR count). The van der Waals surface area contributed by atoms with Gasteiger partial charge in [-0.2, -0.15) is 0 Å². The lowest BCUT2D eigenvalue weighted by Gasteiger charge is -2.08. The quantitative estimate of drug-likeness (QED) is 0.687. The predicted octanol–water partition coefficient (Wildman–Crippen LogP) is 2.93. The molecule has 98 valence electrons. The smallest absolute Gasteiger partial charge is 0.288 e. The number of nitro groups is 1. The summed E-state index contributed by atoms with van der Waals surface area (Å²) in [5.74, 6) is 0.541. The Morgan fingerprint density at radius 3 is 2.84 bits per heavy atom. The van der Waals surface area contributed by atoms with Crippen molar-refractivity contribution in [1.82, 2.24) is 4.98 Å². The minimum absolute atomic E-state index is 0.0241. The molecule has 1 heterocycles. The molecule has 0 saturated heterocycles. The normalized spacial score (nSPS) is 10.2. The highest BCUT2D eigenvalue weighted by atomic mass is 35.5. The summed E-state index contributed by atoms with van der Waals surface area (Å²) >= 11 is 5.77. The van der Waals surface area contributed by atoms with Crippen LogP contribution >= 0.6 is 11.6 Å². The maximum absolute atomic E-state index is 10.6. The molecule has 0 amide bonds. The number of halogens is 1. The van der Waals surface area contributed by atoms with Crippen LogP contribution in [0.5, 0.6) is 11.6 Å². The molecule has 7 heteroatoms. The molecule has 0 atom stereocenters. The molecule has 1 N–H and O–H groups in total. The summed E-state index contributed by atoms with van der Waals surface area (Å²) in [6, 6.07) is 7.32. The number of nitro benzene ring substituents is 1. The number of aliphatic hydroxyl groups is 1. The Labute approximate surface area is 113 Å². The van der Waals surface area contributed by atoms with E-state index >= 15 is 0 Å². The van der Waals surface area contributed by atoms with Gasteiger partial charge < -0.3 is 9.84 Å². The second-order valence-corrected chi connectivity index (χ2v) is 4.01. The van der Waals surface area contributed by atoms with Gasteiger partial charge in [0, 0.05) is 23.9 Å². The summed E-state index contributed by atoms with van der Waals surface area (Å²) < 4.78 is 5.44. The first kappa shape index (κ1) is 13.3. The van der Waals surface area contributed by atoms with E-state index in [1.165, 1.54) is 24.4 Å². The van der Waals surface area contributed by atoms with Gasteiger partial charge in [0.25, 0.3) is 5.69 Å². The molecule has 1 aromatic heterocycles. The van der Waals surface area contributed by atoms with Crippen LogP contribution in [0.3, 0.4) is 0 Å². The van der Waals surface area contributed by atoms with E-state index in [-0.39, 0.29) is 23.2 Å². The maximum atomic E-state index is 10.6. The lowest BCUT2D eigenvalue weighted by Crippen LogP contribution is -1.95. The molecule has 0 aliphatic rings. The van der Waals surface area contributed by atoms with Gasteiger partial charge in [0.1, 0.15) is 10.8 Å². The lowest BCUT2D eigenvalue weighted by atomic mass is 10.3. The highest BCUT2D eigenvalue weighted by Crippen LogP contribution is 2.31. The van der Waals surface area contributed by atoms with E-state index < -0.39 is 4.92 Å². The maximum Gasteiger partial charge on any atom is 0.288 e. The molecule has 19 heavy (non-hydrogen) atoms. The SMILES string of the molecule is O=[N+]([O-])c1ccc(Oc2ncccc2CO)cc1Cl. The van der Waals surface area contributed by atoms with Gasteiger partial charge in [-0.05, 0) is 18.2 Å². The molecule has 0 aliphatic heterocycles. The highest BCUT2D eigenvalue weighted by Gasteiger charge is 2.13. The summed E-state index contributed by atoms with van der Waals surface area (Å²) in [5, 5.41) is 19.7. The number of aromatic nitrogens is 1. The third-order valence-electron chi connectivity index (χ3n) is 2.35. The molecule has 0 aliphatic carbocycles.